The van der Waals surface area contributed by atoms with Crippen molar-refractivity contribution in [1.29, 1.82) is 0 Å². The minimum absolute atomic E-state index is 0.0102. The van der Waals surface area contributed by atoms with Crippen LogP contribution in [-0.4, -0.2) is 338 Å². The number of hydroxylamine groups is 4. The second-order valence-electron chi connectivity index (χ2n) is 60.7. The minimum Gasteiger partial charge on any atom is -0.497 e. The molecule has 12 aliphatic heterocycles. The van der Waals surface area contributed by atoms with Gasteiger partial charge in [-0.2, -0.15) is 10.1 Å². The van der Waals surface area contributed by atoms with Gasteiger partial charge in [-0.05, 0) is 374 Å². The SMILES string of the molecule is C=C(CC(C)CC(C)(C)C)OCCN1C(C)(C)CC(OC(=O)CC(C)CC(C)(C)C)CC1(C)C.CC(=O)N(CCCCCN(C=O)C1CC(C)(C)NC(C)(C)C1)C1CC(C)(C)NC(C)(C)C1.CC(=O)OC1CC(C)(C)N(OCC(C)(C)O)C(C)(C)C1.CC1(C)CC(N2CN3C(=O)N4CN(C5CC(C)(C)NC(C)(C)C5)CN5C(=O)N(C2)C3C45)CC(C)(C)N1.CC1(C)CC(O)CC(C)(C)N1O.CN1C(C)(C)CC(O)CC1(C)C. The van der Waals surface area contributed by atoms with E-state index in [2.05, 4.69) is 309 Å². The predicted molar refractivity (Wildman–Crippen MR) is 590 cm³/mol. The van der Waals surface area contributed by atoms with Gasteiger partial charge in [0.2, 0.25) is 12.3 Å². The van der Waals surface area contributed by atoms with E-state index in [1.165, 1.54) is 12.0 Å². The fourth-order valence-corrected chi connectivity index (χ4v) is 29.4. The molecule has 0 aromatic rings. The summed E-state index contributed by atoms with van der Waals surface area (Å²) < 4.78 is 17.5. The summed E-state index contributed by atoms with van der Waals surface area (Å²) in [6.45, 7) is 104. The summed E-state index contributed by atoms with van der Waals surface area (Å²) >= 11 is 0. The molecule has 2 unspecified atom stereocenters. The molecule has 146 heavy (non-hydrogen) atoms. The highest BCUT2D eigenvalue weighted by molar-refractivity contribution is 5.86. The van der Waals surface area contributed by atoms with Crippen molar-refractivity contribution in [2.75, 3.05) is 66.6 Å². The number of hydrogen-bond donors (Lipinski definition) is 8. The molecule has 0 spiro atoms. The van der Waals surface area contributed by atoms with Gasteiger partial charge in [0.25, 0.3) is 0 Å². The number of rotatable bonds is 26. The fourth-order valence-electron chi connectivity index (χ4n) is 29.4. The van der Waals surface area contributed by atoms with Crippen LogP contribution in [0, 0.1) is 22.7 Å². The van der Waals surface area contributed by atoms with Crippen molar-refractivity contribution in [1.82, 2.24) is 80.4 Å². The molecule has 12 fully saturated rings. The standard InChI is InChI=1S/C30H57NO3.C26H46N8O2.C26H50N4O2.C15H29NO4.C10H21NO.C9H19NO2/c1-22(18-27(4,5)6)16-24(3)33-15-14-31-29(10,11)20-25(21-30(31,12)13)34-26(32)17-23(2)19-28(7,8)9;1-23(2)9-17(10-24(3,4)27-23)29-13-31-19-20-33(21(31)35)15-30(16-34(20)22(36)32(19)14-29)18-11-25(5,6)28-26(7,8)12-18;1-20(32)30(22-17-25(6,7)28-26(8,9)18-22)14-12-10-11-13-29(19-31)21-15-23(2,3)27-24(4,5)16-21;1-11(17)20-12-8-13(2,3)16(14(4,5)9-12)19-10-15(6,7)18;1-9(2)6-8(12)7-10(3,4)11(9)5;1-8(2)5-7(11)6-9(3,4)10(8)12/h22-23,25H,3,14-21H2,1-2,4-13H3;17-20,27-28H,9-16H2,1-8H3;19,21-22,27-28H,10-18H2,1-9H3;12,18H,8-10H2,1-7H3;8,12H,6-7H2,1-5H3;7,11-12H,5-6H2,1-4H3. The first-order valence-corrected chi connectivity index (χ1v) is 56.1. The molecule has 0 bridgehead atoms. The minimum atomic E-state index is -0.876. The van der Waals surface area contributed by atoms with E-state index in [0.29, 0.717) is 94.7 Å². The second-order valence-corrected chi connectivity index (χ2v) is 60.7. The lowest BCUT2D eigenvalue weighted by molar-refractivity contribution is -0.306. The summed E-state index contributed by atoms with van der Waals surface area (Å²) in [5, 5.41) is 57.1. The maximum Gasteiger partial charge on any atom is 0.325 e. The summed E-state index contributed by atoms with van der Waals surface area (Å²) in [5.74, 6) is 1.68. The number of piperidine rings is 8. The van der Waals surface area contributed by atoms with Crippen LogP contribution in [-0.2, 0) is 38.2 Å². The summed E-state index contributed by atoms with van der Waals surface area (Å²) in [6, 6.07) is 1.34. The molecular weight excluding hydrogens is 1840 g/mol. The maximum atomic E-state index is 13.8. The average molecular weight is 2070 g/mol. The first kappa shape index (κ1) is 128. The molecule has 0 aromatic heterocycles. The van der Waals surface area contributed by atoms with Crippen molar-refractivity contribution in [3.05, 3.63) is 12.3 Å². The van der Waals surface area contributed by atoms with Crippen LogP contribution < -0.4 is 21.3 Å². The van der Waals surface area contributed by atoms with Crippen LogP contribution in [0.2, 0.25) is 0 Å². The van der Waals surface area contributed by atoms with Gasteiger partial charge in [-0.3, -0.25) is 63.2 Å². The molecule has 6 amide bonds. The Morgan fingerprint density at radius 2 is 0.781 bits per heavy atom. The number of likely N-dealkylation sites (tertiary alicyclic amines) is 2. The zero-order chi connectivity index (χ0) is 112. The number of urea groups is 2. The highest BCUT2D eigenvalue weighted by Crippen LogP contribution is 2.48. The van der Waals surface area contributed by atoms with Gasteiger partial charge in [0, 0.05) is 185 Å². The molecule has 0 radical (unpaired) electrons. The Labute approximate surface area is 889 Å². The number of allylic oxidation sites excluding steroid dienone is 1. The third kappa shape index (κ3) is 37.3. The van der Waals surface area contributed by atoms with E-state index >= 15 is 0 Å². The van der Waals surface area contributed by atoms with Crippen molar-refractivity contribution in [3.8, 4) is 0 Å². The number of amides is 6. The first-order valence-electron chi connectivity index (χ1n) is 56.1. The van der Waals surface area contributed by atoms with E-state index < -0.39 is 5.60 Å². The van der Waals surface area contributed by atoms with Gasteiger partial charge in [0.1, 0.15) is 18.8 Å². The number of aliphatic hydroxyl groups is 3. The van der Waals surface area contributed by atoms with E-state index in [9.17, 15) is 49.3 Å². The summed E-state index contributed by atoms with van der Waals surface area (Å²) in [7, 11) is 2.14. The number of unbranched alkanes of at least 4 members (excludes halogenated alkanes) is 2. The number of carbonyl (C=O) groups excluding carboxylic acids is 6. The highest BCUT2D eigenvalue weighted by atomic mass is 16.7. The zero-order valence-corrected chi connectivity index (χ0v) is 102. The van der Waals surface area contributed by atoms with Gasteiger partial charge in [0.05, 0.1) is 56.8 Å². The Balaban J connectivity index is 0.000000248. The maximum absolute atomic E-state index is 13.8. The van der Waals surface area contributed by atoms with Crippen LogP contribution >= 0.6 is 0 Å². The molecule has 2 atom stereocenters. The van der Waals surface area contributed by atoms with E-state index in [-0.39, 0.29) is 179 Å². The number of aliphatic hydroxyl groups excluding tert-OH is 2. The predicted octanol–water partition coefficient (Wildman–Crippen LogP) is 19.6. The van der Waals surface area contributed by atoms with Gasteiger partial charge in [-0.25, -0.2) is 9.59 Å². The van der Waals surface area contributed by atoms with Gasteiger partial charge in [0.15, 0.2) is 12.3 Å². The molecule has 12 saturated heterocycles. The van der Waals surface area contributed by atoms with Gasteiger partial charge < -0.3 is 65.8 Å². The Hall–Kier alpha value is -4.64. The molecule has 0 aliphatic carbocycles. The topological polar surface area (TPSA) is 307 Å². The van der Waals surface area contributed by atoms with Crippen LogP contribution in [0.5, 0.6) is 0 Å². The largest absolute Gasteiger partial charge is 0.497 e. The van der Waals surface area contributed by atoms with Crippen LogP contribution in [0.1, 0.15) is 452 Å². The molecule has 8 N–H and O–H groups in total. The number of hydrogen-bond acceptors (Lipinski definition) is 24. The third-order valence-electron chi connectivity index (χ3n) is 32.5. The summed E-state index contributed by atoms with van der Waals surface area (Å²) in [6.07, 6.45) is 20.8. The lowest BCUT2D eigenvalue weighted by Gasteiger charge is -2.54. The molecule has 12 rings (SSSR count). The summed E-state index contributed by atoms with van der Waals surface area (Å²) in [5.41, 5.74) is -1.23. The van der Waals surface area contributed by atoms with Crippen LogP contribution in [0.15, 0.2) is 12.3 Å². The molecule has 0 aromatic carbocycles. The second kappa shape index (κ2) is 47.2. The Kier molecular flexibility index (Phi) is 41.4. The van der Waals surface area contributed by atoms with Gasteiger partial charge >= 0.3 is 24.0 Å². The Bertz CT molecular complexity index is 4000. The summed E-state index contributed by atoms with van der Waals surface area (Å²) in [4.78, 5) is 103. The van der Waals surface area contributed by atoms with Crippen LogP contribution in [0.4, 0.5) is 9.59 Å². The van der Waals surface area contributed by atoms with Gasteiger partial charge in [-0.1, -0.05) is 62.0 Å². The van der Waals surface area contributed by atoms with Crippen molar-refractivity contribution >= 4 is 36.3 Å². The molecule has 0 saturated carbocycles. The number of esters is 2. The van der Waals surface area contributed by atoms with Crippen LogP contribution in [0.3, 0.4) is 0 Å². The lowest BCUT2D eigenvalue weighted by Crippen LogP contribution is -2.68. The zero-order valence-electron chi connectivity index (χ0n) is 102. The van der Waals surface area contributed by atoms with Crippen molar-refractivity contribution in [2.24, 2.45) is 22.7 Å². The first-order chi connectivity index (χ1) is 65.6. The third-order valence-corrected chi connectivity index (χ3v) is 32.5. The molecule has 30 nitrogen and oxygen atoms in total. The van der Waals surface area contributed by atoms with E-state index in [4.69, 9.17) is 19.0 Å². The molecule has 12 aliphatic rings. The highest BCUT2D eigenvalue weighted by Gasteiger charge is 2.65. The van der Waals surface area contributed by atoms with Crippen molar-refractivity contribution in [2.45, 2.75) is 607 Å². The molecule has 30 heteroatoms. The fraction of sp³-hybridized carbons (Fsp3) is 0.931. The van der Waals surface area contributed by atoms with E-state index in [0.717, 1.165) is 147 Å². The average Bonchev–Trinajstić information content (AvgIpc) is 1.54. The normalized spacial score (nSPS) is 26.7. The Morgan fingerprint density at radius 1 is 0.452 bits per heavy atom. The molecule has 850 valence electrons. The van der Waals surface area contributed by atoms with E-state index in [1.807, 2.05) is 57.3 Å². The Morgan fingerprint density at radius 3 is 1.12 bits per heavy atom. The van der Waals surface area contributed by atoms with Crippen molar-refractivity contribution in [3.63, 3.8) is 0 Å². The van der Waals surface area contributed by atoms with E-state index in [1.54, 1.807) is 20.8 Å². The number of nitrogens with one attached hydrogen (secondary N) is 4. The molecule has 12 heterocycles. The number of ether oxygens (including phenoxy) is 3. The lowest BCUT2D eigenvalue weighted by atomic mass is 9.78. The number of nitrogens with zero attached hydrogens (tertiary/aromatic N) is 12. The van der Waals surface area contributed by atoms with Gasteiger partial charge in [-0.15, -0.1) is 0 Å². The number of carbonyl (C=O) groups is 6. The van der Waals surface area contributed by atoms with Crippen molar-refractivity contribution < 1.29 is 68.3 Å². The quantitative estimate of drug-likeness (QED) is 0.0173. The van der Waals surface area contributed by atoms with Crippen LogP contribution in [0.25, 0.3) is 0 Å². The smallest absolute Gasteiger partial charge is 0.325 e. The monoisotopic (exact) mass is 2060 g/mol. The molecular formula is C116H222N16O14.